The predicted molar refractivity (Wildman–Crippen MR) is 141 cm³/mol. The number of ether oxygens (including phenoxy) is 2. The number of aromatic amines is 1. The van der Waals surface area contributed by atoms with E-state index in [1.165, 1.54) is 19.1 Å². The Labute approximate surface area is 214 Å². The summed E-state index contributed by atoms with van der Waals surface area (Å²) < 4.78 is 10.8. The molecular weight excluding hydrogens is 470 g/mol. The number of fused-ring (bicyclic) bond motifs is 1. The van der Waals surface area contributed by atoms with Crippen LogP contribution in [0.2, 0.25) is 0 Å². The van der Waals surface area contributed by atoms with E-state index in [4.69, 9.17) is 9.47 Å². The normalized spacial score (nSPS) is 17.0. The minimum atomic E-state index is -0.883. The molecule has 4 aromatic rings. The fourth-order valence-corrected chi connectivity index (χ4v) is 4.69. The summed E-state index contributed by atoms with van der Waals surface area (Å²) in [5.41, 5.74) is 5.27. The fourth-order valence-electron chi connectivity index (χ4n) is 4.69. The monoisotopic (exact) mass is 497 g/mol. The van der Waals surface area contributed by atoms with E-state index in [9.17, 15) is 14.7 Å². The third-order valence-electron chi connectivity index (χ3n) is 6.79. The van der Waals surface area contributed by atoms with Crippen LogP contribution in [-0.2, 0) is 9.59 Å². The molecule has 0 saturated carbocycles. The van der Waals surface area contributed by atoms with Gasteiger partial charge in [0, 0.05) is 17.7 Å². The summed E-state index contributed by atoms with van der Waals surface area (Å²) in [5.74, 6) is -0.627. The number of anilines is 1. The van der Waals surface area contributed by atoms with E-state index in [1.54, 1.807) is 18.2 Å². The van der Waals surface area contributed by atoms with E-state index < -0.39 is 17.7 Å². The molecule has 2 heterocycles. The van der Waals surface area contributed by atoms with Gasteiger partial charge in [0.05, 0.1) is 36.9 Å². The van der Waals surface area contributed by atoms with Crippen LogP contribution in [0.4, 0.5) is 5.95 Å². The number of nitrogens with zero attached hydrogens (tertiary/aromatic N) is 2. The number of hydrogen-bond donors (Lipinski definition) is 2. The molecule has 1 aliphatic heterocycles. The first-order valence-corrected chi connectivity index (χ1v) is 11.8. The maximum atomic E-state index is 13.5. The Bertz CT molecular complexity index is 1560. The molecule has 1 unspecified atom stereocenters. The number of hydrogen-bond acceptors (Lipinski definition) is 6. The number of benzene rings is 3. The Hall–Kier alpha value is -4.59. The number of carbonyl (C=O) groups is 2. The maximum absolute atomic E-state index is 13.5. The number of nitrogens with one attached hydrogen (secondary N) is 1. The molecule has 1 aliphatic rings. The third kappa shape index (κ3) is 4.00. The summed E-state index contributed by atoms with van der Waals surface area (Å²) in [5, 5.41) is 11.4. The van der Waals surface area contributed by atoms with Crippen LogP contribution in [-0.4, -0.2) is 41.0 Å². The Kier molecular flexibility index (Phi) is 5.95. The molecule has 8 heteroatoms. The van der Waals surface area contributed by atoms with E-state index >= 15 is 0 Å². The van der Waals surface area contributed by atoms with Gasteiger partial charge < -0.3 is 19.6 Å². The zero-order valence-electron chi connectivity index (χ0n) is 21.2. The molecule has 1 fully saturated rings. The van der Waals surface area contributed by atoms with Crippen molar-refractivity contribution in [2.24, 2.45) is 0 Å². The summed E-state index contributed by atoms with van der Waals surface area (Å²) >= 11 is 0. The highest BCUT2D eigenvalue weighted by atomic mass is 16.5. The number of ketones is 1. The molecule has 1 atom stereocenters. The zero-order valence-corrected chi connectivity index (χ0v) is 21.2. The van der Waals surface area contributed by atoms with E-state index in [0.717, 1.165) is 16.7 Å². The average Bonchev–Trinajstić information content (AvgIpc) is 3.41. The summed E-state index contributed by atoms with van der Waals surface area (Å²) in [6, 6.07) is 15.5. The predicted octanol–water partition coefficient (Wildman–Crippen LogP) is 5.13. The van der Waals surface area contributed by atoms with Crippen LogP contribution in [0.25, 0.3) is 16.8 Å². The quantitative estimate of drug-likeness (QED) is 0.225. The maximum Gasteiger partial charge on any atom is 0.302 e. The van der Waals surface area contributed by atoms with Crippen molar-refractivity contribution in [3.8, 4) is 11.5 Å². The van der Waals surface area contributed by atoms with Crippen molar-refractivity contribution in [2.45, 2.75) is 26.8 Å². The molecule has 0 aliphatic carbocycles. The molecule has 5 rings (SSSR count). The van der Waals surface area contributed by atoms with Crippen LogP contribution in [0.3, 0.4) is 0 Å². The first kappa shape index (κ1) is 24.1. The van der Waals surface area contributed by atoms with Crippen LogP contribution in [0.5, 0.6) is 11.5 Å². The number of aryl methyl sites for hydroxylation is 3. The van der Waals surface area contributed by atoms with Crippen molar-refractivity contribution in [2.75, 3.05) is 19.1 Å². The molecule has 1 amide bonds. The smallest absolute Gasteiger partial charge is 0.302 e. The molecule has 37 heavy (non-hydrogen) atoms. The highest BCUT2D eigenvalue weighted by molar-refractivity contribution is 6.51. The molecule has 1 saturated heterocycles. The summed E-state index contributed by atoms with van der Waals surface area (Å²) in [6.07, 6.45) is 0. The van der Waals surface area contributed by atoms with Gasteiger partial charge in [-0.05, 0) is 43.5 Å². The van der Waals surface area contributed by atoms with Crippen LogP contribution < -0.4 is 14.4 Å². The van der Waals surface area contributed by atoms with Gasteiger partial charge >= 0.3 is 5.91 Å². The Morgan fingerprint density at radius 1 is 0.946 bits per heavy atom. The van der Waals surface area contributed by atoms with Gasteiger partial charge in [-0.2, -0.15) is 0 Å². The molecular formula is C29H27N3O5. The van der Waals surface area contributed by atoms with Crippen LogP contribution in [0.15, 0.2) is 60.2 Å². The highest BCUT2D eigenvalue weighted by Crippen LogP contribution is 2.42. The lowest BCUT2D eigenvalue weighted by Gasteiger charge is -2.23. The van der Waals surface area contributed by atoms with Crippen molar-refractivity contribution in [1.82, 2.24) is 9.97 Å². The molecule has 8 nitrogen and oxygen atoms in total. The number of Topliss-reactive ketones (excluding diaryl/α,β-unsaturated/α-hetero) is 1. The Morgan fingerprint density at radius 2 is 1.68 bits per heavy atom. The van der Waals surface area contributed by atoms with Crippen molar-refractivity contribution in [3.05, 3.63) is 88.0 Å². The minimum absolute atomic E-state index is 0.00877. The standard InChI is InChI=1S/C29H27N3O5/c1-15-7-6-8-18(11-15)25-24(26(33)19-10-9-16(2)17(3)12-19)27(34)28(35)32(25)29-30-20-13-22(36-4)23(37-5)14-21(20)31-29/h6-14,25,33H,1-5H3,(H,30,31)/b26-24+. The number of imidazole rings is 1. The lowest BCUT2D eigenvalue weighted by molar-refractivity contribution is -0.132. The molecule has 0 radical (unpaired) electrons. The minimum Gasteiger partial charge on any atom is -0.507 e. The average molecular weight is 498 g/mol. The number of carbonyl (C=O) groups excluding carboxylic acids is 2. The first-order valence-electron chi connectivity index (χ1n) is 11.8. The van der Waals surface area contributed by atoms with Gasteiger partial charge in [0.1, 0.15) is 5.76 Å². The molecule has 1 aromatic heterocycles. The number of methoxy groups -OCH3 is 2. The number of amides is 1. The SMILES string of the molecule is COc1cc2nc(N3C(=O)C(=O)/C(=C(/O)c4ccc(C)c(C)c4)C3c3cccc(C)c3)[nH]c2cc1OC. The Balaban J connectivity index is 1.73. The lowest BCUT2D eigenvalue weighted by atomic mass is 9.93. The molecule has 0 spiro atoms. The second kappa shape index (κ2) is 9.13. The molecule has 0 bridgehead atoms. The largest absolute Gasteiger partial charge is 0.507 e. The first-order chi connectivity index (χ1) is 17.7. The van der Waals surface area contributed by atoms with Crippen LogP contribution in [0, 0.1) is 20.8 Å². The summed E-state index contributed by atoms with van der Waals surface area (Å²) in [6.45, 7) is 5.83. The zero-order chi connectivity index (χ0) is 26.4. The van der Waals surface area contributed by atoms with E-state index in [2.05, 4.69) is 9.97 Å². The Morgan fingerprint density at radius 3 is 2.35 bits per heavy atom. The fraction of sp³-hybridized carbons (Fsp3) is 0.207. The van der Waals surface area contributed by atoms with Gasteiger partial charge in [0.25, 0.3) is 5.78 Å². The lowest BCUT2D eigenvalue weighted by Crippen LogP contribution is -2.30. The van der Waals surface area contributed by atoms with Gasteiger partial charge in [0.2, 0.25) is 5.95 Å². The van der Waals surface area contributed by atoms with Gasteiger partial charge in [-0.15, -0.1) is 0 Å². The topological polar surface area (TPSA) is 105 Å². The highest BCUT2D eigenvalue weighted by Gasteiger charge is 2.48. The van der Waals surface area contributed by atoms with E-state index in [1.807, 2.05) is 57.2 Å². The van der Waals surface area contributed by atoms with E-state index in [-0.39, 0.29) is 17.3 Å². The van der Waals surface area contributed by atoms with Gasteiger partial charge in [0.15, 0.2) is 11.5 Å². The number of rotatable bonds is 5. The molecule has 3 aromatic carbocycles. The van der Waals surface area contributed by atoms with Crippen molar-refractivity contribution >= 4 is 34.4 Å². The van der Waals surface area contributed by atoms with Crippen LogP contribution >= 0.6 is 0 Å². The number of H-pyrrole nitrogens is 1. The van der Waals surface area contributed by atoms with Crippen molar-refractivity contribution < 1.29 is 24.2 Å². The van der Waals surface area contributed by atoms with Crippen LogP contribution in [0.1, 0.15) is 33.9 Å². The number of aliphatic hydroxyl groups excluding tert-OH is 1. The second-order valence-corrected chi connectivity index (χ2v) is 9.17. The van der Waals surface area contributed by atoms with Crippen molar-refractivity contribution in [1.29, 1.82) is 0 Å². The van der Waals surface area contributed by atoms with Gasteiger partial charge in [-0.25, -0.2) is 4.98 Å². The number of aliphatic hydroxyl groups is 1. The number of aromatic nitrogens is 2. The third-order valence-corrected chi connectivity index (χ3v) is 6.79. The van der Waals surface area contributed by atoms with E-state index in [0.29, 0.717) is 33.7 Å². The summed E-state index contributed by atoms with van der Waals surface area (Å²) in [4.78, 5) is 36.0. The van der Waals surface area contributed by atoms with Crippen molar-refractivity contribution in [3.63, 3.8) is 0 Å². The molecule has 188 valence electrons. The second-order valence-electron chi connectivity index (χ2n) is 9.17. The van der Waals surface area contributed by atoms with Gasteiger partial charge in [-0.1, -0.05) is 42.0 Å². The summed E-state index contributed by atoms with van der Waals surface area (Å²) in [7, 11) is 3.06. The van der Waals surface area contributed by atoms with Gasteiger partial charge in [-0.3, -0.25) is 14.5 Å². The molecule has 2 N–H and O–H groups in total.